The van der Waals surface area contributed by atoms with Gasteiger partial charge in [0.2, 0.25) is 0 Å². The summed E-state index contributed by atoms with van der Waals surface area (Å²) in [7, 11) is 1.35. The van der Waals surface area contributed by atoms with Gasteiger partial charge in [-0.2, -0.15) is 0 Å². The molecule has 2 aromatic rings. The van der Waals surface area contributed by atoms with E-state index in [2.05, 4.69) is 10.1 Å². The maximum atomic E-state index is 11.6. The highest BCUT2D eigenvalue weighted by atomic mass is 32.2. The number of nitrogens with zero attached hydrogens (tertiary/aromatic N) is 2. The fourth-order valence-electron chi connectivity index (χ4n) is 1.47. The van der Waals surface area contributed by atoms with Crippen LogP contribution in [-0.2, 0) is 4.74 Å². The van der Waals surface area contributed by atoms with Gasteiger partial charge < -0.3 is 9.26 Å². The SMILES string of the molecule is CCSc1cc(-c2cnoc2)cnc1C(=O)OC. The average Bonchev–Trinajstić information content (AvgIpc) is 2.92. The first-order valence-electron chi connectivity index (χ1n) is 5.37. The van der Waals surface area contributed by atoms with Crippen LogP contribution in [0.4, 0.5) is 0 Å². The van der Waals surface area contributed by atoms with Crippen LogP contribution in [0, 0.1) is 0 Å². The summed E-state index contributed by atoms with van der Waals surface area (Å²) in [5.74, 6) is 0.418. The Morgan fingerprint density at radius 1 is 1.44 bits per heavy atom. The van der Waals surface area contributed by atoms with Crippen molar-refractivity contribution in [2.24, 2.45) is 0 Å². The van der Waals surface area contributed by atoms with Gasteiger partial charge in [0.05, 0.1) is 13.3 Å². The molecule has 5 nitrogen and oxygen atoms in total. The van der Waals surface area contributed by atoms with Crippen LogP contribution in [0.15, 0.2) is 34.1 Å². The van der Waals surface area contributed by atoms with E-state index >= 15 is 0 Å². The zero-order chi connectivity index (χ0) is 13.0. The van der Waals surface area contributed by atoms with Crippen molar-refractivity contribution < 1.29 is 14.1 Å². The number of esters is 1. The molecule has 0 aliphatic carbocycles. The molecule has 0 aliphatic rings. The summed E-state index contributed by atoms with van der Waals surface area (Å²) in [5, 5.41) is 3.65. The molecule has 18 heavy (non-hydrogen) atoms. The predicted octanol–water partition coefficient (Wildman–Crippen LogP) is 2.64. The van der Waals surface area contributed by atoms with E-state index in [1.807, 2.05) is 13.0 Å². The molecule has 0 amide bonds. The molecule has 2 aromatic heterocycles. The lowest BCUT2D eigenvalue weighted by atomic mass is 10.1. The number of aromatic nitrogens is 2. The van der Waals surface area contributed by atoms with Gasteiger partial charge in [0.15, 0.2) is 5.69 Å². The minimum Gasteiger partial charge on any atom is -0.464 e. The smallest absolute Gasteiger partial charge is 0.357 e. The molecule has 0 atom stereocenters. The minimum atomic E-state index is -0.428. The zero-order valence-corrected chi connectivity index (χ0v) is 10.9. The van der Waals surface area contributed by atoms with E-state index < -0.39 is 5.97 Å². The highest BCUT2D eigenvalue weighted by molar-refractivity contribution is 7.99. The third-order valence-corrected chi connectivity index (χ3v) is 3.21. The topological polar surface area (TPSA) is 65.2 Å². The lowest BCUT2D eigenvalue weighted by Gasteiger charge is -2.07. The molecule has 0 unspecified atom stereocenters. The molecule has 0 radical (unpaired) electrons. The van der Waals surface area contributed by atoms with Gasteiger partial charge in [0.1, 0.15) is 6.26 Å². The first-order valence-corrected chi connectivity index (χ1v) is 6.35. The van der Waals surface area contributed by atoms with Crippen LogP contribution in [0.3, 0.4) is 0 Å². The first-order chi connectivity index (χ1) is 8.76. The number of hydrogen-bond acceptors (Lipinski definition) is 6. The van der Waals surface area contributed by atoms with E-state index in [1.54, 1.807) is 24.2 Å². The number of pyridine rings is 1. The fourth-order valence-corrected chi connectivity index (χ4v) is 2.26. The second-order valence-corrected chi connectivity index (χ2v) is 4.71. The summed E-state index contributed by atoms with van der Waals surface area (Å²) < 4.78 is 9.50. The summed E-state index contributed by atoms with van der Waals surface area (Å²) in [6.45, 7) is 2.01. The summed E-state index contributed by atoms with van der Waals surface area (Å²) in [4.78, 5) is 16.5. The van der Waals surface area contributed by atoms with Gasteiger partial charge in [-0.1, -0.05) is 12.1 Å². The molecule has 6 heteroatoms. The van der Waals surface area contributed by atoms with Gasteiger partial charge >= 0.3 is 5.97 Å². The molecule has 2 heterocycles. The van der Waals surface area contributed by atoms with E-state index in [4.69, 9.17) is 9.26 Å². The number of rotatable bonds is 4. The molecule has 0 aliphatic heterocycles. The largest absolute Gasteiger partial charge is 0.464 e. The van der Waals surface area contributed by atoms with Crippen molar-refractivity contribution in [2.75, 3.05) is 12.9 Å². The summed E-state index contributed by atoms with van der Waals surface area (Å²) >= 11 is 1.54. The van der Waals surface area contributed by atoms with Crippen LogP contribution < -0.4 is 0 Å². The average molecular weight is 264 g/mol. The molecule has 0 fully saturated rings. The van der Waals surface area contributed by atoms with E-state index in [9.17, 15) is 4.79 Å². The second kappa shape index (κ2) is 5.68. The van der Waals surface area contributed by atoms with Crippen molar-refractivity contribution in [3.63, 3.8) is 0 Å². The van der Waals surface area contributed by atoms with Gasteiger partial charge in [-0.25, -0.2) is 9.78 Å². The van der Waals surface area contributed by atoms with Crippen molar-refractivity contribution in [1.29, 1.82) is 0 Å². The number of ether oxygens (including phenoxy) is 1. The number of carbonyl (C=O) groups is 1. The standard InChI is InChI=1S/C12H12N2O3S/c1-3-18-10-4-8(9-6-14-17-7-9)5-13-11(10)12(15)16-2/h4-7H,3H2,1-2H3. The van der Waals surface area contributed by atoms with Gasteiger partial charge in [-0.15, -0.1) is 11.8 Å². The van der Waals surface area contributed by atoms with E-state index in [-0.39, 0.29) is 0 Å². The van der Waals surface area contributed by atoms with Crippen molar-refractivity contribution in [3.8, 4) is 11.1 Å². The summed E-state index contributed by atoms with van der Waals surface area (Å²) in [5.41, 5.74) is 2.03. The Kier molecular flexibility index (Phi) is 3.99. The Labute approximate surface area is 109 Å². The maximum absolute atomic E-state index is 11.6. The van der Waals surface area contributed by atoms with Crippen LogP contribution >= 0.6 is 11.8 Å². The van der Waals surface area contributed by atoms with E-state index in [1.165, 1.54) is 13.4 Å². The first kappa shape index (κ1) is 12.6. The van der Waals surface area contributed by atoms with Crippen molar-refractivity contribution in [2.45, 2.75) is 11.8 Å². The van der Waals surface area contributed by atoms with Gasteiger partial charge in [0.25, 0.3) is 0 Å². The zero-order valence-electron chi connectivity index (χ0n) is 10.0. The Morgan fingerprint density at radius 2 is 2.28 bits per heavy atom. The molecule has 94 valence electrons. The van der Waals surface area contributed by atoms with Crippen LogP contribution in [0.5, 0.6) is 0 Å². The summed E-state index contributed by atoms with van der Waals surface area (Å²) in [6, 6.07) is 1.89. The van der Waals surface area contributed by atoms with E-state index in [0.717, 1.165) is 21.8 Å². The maximum Gasteiger partial charge on any atom is 0.357 e. The molecule has 0 aromatic carbocycles. The van der Waals surface area contributed by atoms with E-state index in [0.29, 0.717) is 5.69 Å². The van der Waals surface area contributed by atoms with Crippen LogP contribution in [0.1, 0.15) is 17.4 Å². The lowest BCUT2D eigenvalue weighted by Crippen LogP contribution is -2.06. The van der Waals surface area contributed by atoms with Crippen LogP contribution in [0.2, 0.25) is 0 Å². The number of hydrogen-bond donors (Lipinski definition) is 0. The molecule has 0 saturated heterocycles. The highest BCUT2D eigenvalue weighted by Gasteiger charge is 2.15. The van der Waals surface area contributed by atoms with Crippen LogP contribution in [-0.4, -0.2) is 29.0 Å². The van der Waals surface area contributed by atoms with Gasteiger partial charge in [-0.3, -0.25) is 0 Å². The Hall–Kier alpha value is -1.82. The molecule has 0 bridgehead atoms. The van der Waals surface area contributed by atoms with Crippen LogP contribution in [0.25, 0.3) is 11.1 Å². The van der Waals surface area contributed by atoms with Crippen molar-refractivity contribution >= 4 is 17.7 Å². The van der Waals surface area contributed by atoms with Gasteiger partial charge in [0, 0.05) is 22.2 Å². The highest BCUT2D eigenvalue weighted by Crippen LogP contribution is 2.27. The fraction of sp³-hybridized carbons (Fsp3) is 0.250. The Morgan fingerprint density at radius 3 is 2.89 bits per heavy atom. The Balaban J connectivity index is 2.43. The molecular formula is C12H12N2O3S. The van der Waals surface area contributed by atoms with Gasteiger partial charge in [-0.05, 0) is 11.8 Å². The minimum absolute atomic E-state index is 0.338. The number of carbonyl (C=O) groups excluding carboxylic acids is 1. The predicted molar refractivity (Wildman–Crippen MR) is 67.5 cm³/mol. The quantitative estimate of drug-likeness (QED) is 0.624. The molecule has 2 rings (SSSR count). The molecular weight excluding hydrogens is 252 g/mol. The van der Waals surface area contributed by atoms with Crippen molar-refractivity contribution in [3.05, 3.63) is 30.4 Å². The number of methoxy groups -OCH3 is 1. The molecule has 0 N–H and O–H groups in total. The number of thioether (sulfide) groups is 1. The lowest BCUT2D eigenvalue weighted by molar-refractivity contribution is 0.0590. The summed E-state index contributed by atoms with van der Waals surface area (Å²) in [6.07, 6.45) is 4.75. The monoisotopic (exact) mass is 264 g/mol. The van der Waals surface area contributed by atoms with Crippen molar-refractivity contribution in [1.82, 2.24) is 10.1 Å². The third-order valence-electron chi connectivity index (χ3n) is 2.30. The second-order valence-electron chi connectivity index (χ2n) is 3.41. The normalized spacial score (nSPS) is 10.3. The third kappa shape index (κ3) is 2.53. The molecule has 0 saturated carbocycles. The Bertz CT molecular complexity index is 540. The molecule has 0 spiro atoms.